The van der Waals surface area contributed by atoms with Crippen molar-refractivity contribution in [3.63, 3.8) is 0 Å². The predicted octanol–water partition coefficient (Wildman–Crippen LogP) is 2.56. The number of pyridine rings is 1. The molecule has 3 rings (SSSR count). The molecule has 1 aliphatic heterocycles. The number of alkyl halides is 1. The molecule has 0 N–H and O–H groups in total. The third-order valence-corrected chi connectivity index (χ3v) is 3.80. The zero-order valence-electron chi connectivity index (χ0n) is 11.5. The van der Waals surface area contributed by atoms with E-state index in [-0.39, 0.29) is 24.2 Å². The molecule has 0 atom stereocenters. The third kappa shape index (κ3) is 2.94. The predicted molar refractivity (Wildman–Crippen MR) is 74.3 cm³/mol. The summed E-state index contributed by atoms with van der Waals surface area (Å²) in [7, 11) is 0. The second-order valence-corrected chi connectivity index (χ2v) is 5.21. The second-order valence-electron chi connectivity index (χ2n) is 5.21. The Kier molecular flexibility index (Phi) is 3.94. The fourth-order valence-corrected chi connectivity index (χ4v) is 2.47. The van der Waals surface area contributed by atoms with Gasteiger partial charge in [0.25, 0.3) is 5.91 Å². The smallest absolute Gasteiger partial charge is 0.276 e. The Bertz CT molecular complexity index is 606. The molecule has 2 aromatic heterocycles. The minimum Gasteiger partial charge on any atom is -0.355 e. The van der Waals surface area contributed by atoms with Crippen LogP contribution in [0.5, 0.6) is 0 Å². The Morgan fingerprint density at radius 2 is 2.24 bits per heavy atom. The van der Waals surface area contributed by atoms with E-state index in [9.17, 15) is 9.18 Å². The van der Waals surface area contributed by atoms with Gasteiger partial charge in [-0.1, -0.05) is 5.16 Å². The van der Waals surface area contributed by atoms with Gasteiger partial charge in [-0.15, -0.1) is 0 Å². The van der Waals surface area contributed by atoms with Crippen LogP contribution in [0.25, 0.3) is 11.3 Å². The number of nitrogens with zero attached hydrogens (tertiary/aromatic N) is 3. The number of hydrogen-bond donors (Lipinski definition) is 0. The van der Waals surface area contributed by atoms with Gasteiger partial charge in [-0.25, -0.2) is 0 Å². The van der Waals surface area contributed by atoms with Crippen molar-refractivity contribution in [3.8, 4) is 11.3 Å². The van der Waals surface area contributed by atoms with Crippen LogP contribution in [0.1, 0.15) is 23.3 Å². The van der Waals surface area contributed by atoms with Crippen LogP contribution < -0.4 is 0 Å². The van der Waals surface area contributed by atoms with E-state index in [2.05, 4.69) is 10.1 Å². The summed E-state index contributed by atoms with van der Waals surface area (Å²) in [5.74, 6) is 0.439. The van der Waals surface area contributed by atoms with Crippen molar-refractivity contribution in [2.75, 3.05) is 19.8 Å². The minimum absolute atomic E-state index is 0.0808. The molecule has 0 bridgehead atoms. The molecular weight excluding hydrogens is 273 g/mol. The summed E-state index contributed by atoms with van der Waals surface area (Å²) in [5.41, 5.74) is 1.06. The van der Waals surface area contributed by atoms with Crippen molar-refractivity contribution in [1.82, 2.24) is 15.0 Å². The van der Waals surface area contributed by atoms with Gasteiger partial charge in [0.1, 0.15) is 0 Å². The Hall–Kier alpha value is -2.24. The quantitative estimate of drug-likeness (QED) is 0.871. The molecule has 0 spiro atoms. The Labute approximate surface area is 121 Å². The SMILES string of the molecule is O=C(c1cc(-c2cccnc2)on1)N1CCC(CF)CC1. The van der Waals surface area contributed by atoms with Crippen LogP contribution in [0.4, 0.5) is 4.39 Å². The number of halogens is 1. The molecule has 2 aromatic rings. The van der Waals surface area contributed by atoms with Crippen molar-refractivity contribution in [3.05, 3.63) is 36.3 Å². The van der Waals surface area contributed by atoms with E-state index in [1.165, 1.54) is 0 Å². The van der Waals surface area contributed by atoms with Gasteiger partial charge < -0.3 is 9.42 Å². The monoisotopic (exact) mass is 289 g/mol. The standard InChI is InChI=1S/C15H16FN3O2/c16-9-11-3-6-19(7-4-11)15(20)13-8-14(21-18-13)12-2-1-5-17-10-12/h1-2,5,8,10-11H,3-4,6-7,9H2. The number of carbonyl (C=O) groups excluding carboxylic acids is 1. The highest BCUT2D eigenvalue weighted by atomic mass is 19.1. The zero-order chi connectivity index (χ0) is 14.7. The maximum atomic E-state index is 12.6. The number of carbonyl (C=O) groups is 1. The molecule has 0 radical (unpaired) electrons. The molecular formula is C15H16FN3O2. The molecule has 0 aromatic carbocycles. The van der Waals surface area contributed by atoms with E-state index in [1.54, 1.807) is 29.4 Å². The van der Waals surface area contributed by atoms with E-state index in [1.807, 2.05) is 6.07 Å². The average Bonchev–Trinajstić information content (AvgIpc) is 3.05. The normalized spacial score (nSPS) is 16.1. The fraction of sp³-hybridized carbons (Fsp3) is 0.400. The number of amides is 1. The molecule has 0 saturated carbocycles. The van der Waals surface area contributed by atoms with Gasteiger partial charge in [0, 0.05) is 37.1 Å². The Balaban J connectivity index is 1.70. The van der Waals surface area contributed by atoms with Gasteiger partial charge in [0.2, 0.25) is 0 Å². The lowest BCUT2D eigenvalue weighted by molar-refractivity contribution is 0.0667. The van der Waals surface area contributed by atoms with Crippen LogP contribution in [-0.4, -0.2) is 40.7 Å². The molecule has 21 heavy (non-hydrogen) atoms. The van der Waals surface area contributed by atoms with Crippen LogP contribution in [-0.2, 0) is 0 Å². The molecule has 5 nitrogen and oxygen atoms in total. The zero-order valence-corrected chi connectivity index (χ0v) is 11.5. The van der Waals surface area contributed by atoms with Gasteiger partial charge in [-0.05, 0) is 30.9 Å². The van der Waals surface area contributed by atoms with E-state index in [4.69, 9.17) is 4.52 Å². The molecule has 1 amide bonds. The summed E-state index contributed by atoms with van der Waals surface area (Å²) in [5, 5.41) is 3.84. The number of rotatable bonds is 3. The van der Waals surface area contributed by atoms with Crippen molar-refractivity contribution in [2.45, 2.75) is 12.8 Å². The maximum Gasteiger partial charge on any atom is 0.276 e. The molecule has 110 valence electrons. The van der Waals surface area contributed by atoms with Crippen LogP contribution in [0.3, 0.4) is 0 Å². The van der Waals surface area contributed by atoms with E-state index in [0.29, 0.717) is 31.7 Å². The fourth-order valence-electron chi connectivity index (χ4n) is 2.47. The van der Waals surface area contributed by atoms with Crippen LogP contribution in [0.15, 0.2) is 35.1 Å². The van der Waals surface area contributed by atoms with E-state index >= 15 is 0 Å². The summed E-state index contributed by atoms with van der Waals surface area (Å²) in [6.45, 7) is 0.835. The van der Waals surface area contributed by atoms with Crippen LogP contribution in [0, 0.1) is 5.92 Å². The summed E-state index contributed by atoms with van der Waals surface area (Å²) >= 11 is 0. The van der Waals surface area contributed by atoms with Gasteiger partial charge >= 0.3 is 0 Å². The van der Waals surface area contributed by atoms with E-state index in [0.717, 1.165) is 5.56 Å². The Morgan fingerprint density at radius 3 is 2.90 bits per heavy atom. The lowest BCUT2D eigenvalue weighted by atomic mass is 9.98. The molecule has 1 saturated heterocycles. The van der Waals surface area contributed by atoms with Crippen LogP contribution in [0.2, 0.25) is 0 Å². The van der Waals surface area contributed by atoms with Crippen LogP contribution >= 0.6 is 0 Å². The van der Waals surface area contributed by atoms with Crippen molar-refractivity contribution in [1.29, 1.82) is 0 Å². The molecule has 6 heteroatoms. The first-order valence-electron chi connectivity index (χ1n) is 7.00. The second kappa shape index (κ2) is 6.03. The summed E-state index contributed by atoms with van der Waals surface area (Å²) < 4.78 is 17.8. The summed E-state index contributed by atoms with van der Waals surface area (Å²) in [6.07, 6.45) is 4.73. The molecule has 1 aliphatic rings. The van der Waals surface area contributed by atoms with Crippen molar-refractivity contribution in [2.24, 2.45) is 5.92 Å². The first-order valence-corrected chi connectivity index (χ1v) is 7.00. The number of aromatic nitrogens is 2. The highest BCUT2D eigenvalue weighted by molar-refractivity contribution is 5.93. The third-order valence-electron chi connectivity index (χ3n) is 3.80. The molecule has 0 unspecified atom stereocenters. The largest absolute Gasteiger partial charge is 0.355 e. The lowest BCUT2D eigenvalue weighted by Crippen LogP contribution is -2.39. The highest BCUT2D eigenvalue weighted by Crippen LogP contribution is 2.22. The number of hydrogen-bond acceptors (Lipinski definition) is 4. The maximum absolute atomic E-state index is 12.6. The topological polar surface area (TPSA) is 59.2 Å². The van der Waals surface area contributed by atoms with Gasteiger partial charge in [-0.3, -0.25) is 14.2 Å². The Morgan fingerprint density at radius 1 is 1.43 bits per heavy atom. The van der Waals surface area contributed by atoms with E-state index < -0.39 is 0 Å². The van der Waals surface area contributed by atoms with Gasteiger partial charge in [0.15, 0.2) is 11.5 Å². The first-order chi connectivity index (χ1) is 10.3. The molecule has 1 fully saturated rings. The van der Waals surface area contributed by atoms with Crippen molar-refractivity contribution < 1.29 is 13.7 Å². The lowest BCUT2D eigenvalue weighted by Gasteiger charge is -2.30. The molecule has 0 aliphatic carbocycles. The number of likely N-dealkylation sites (tertiary alicyclic amines) is 1. The van der Waals surface area contributed by atoms with Crippen molar-refractivity contribution >= 4 is 5.91 Å². The summed E-state index contributed by atoms with van der Waals surface area (Å²) in [4.78, 5) is 18.0. The first kappa shape index (κ1) is 13.7. The van der Waals surface area contributed by atoms with Gasteiger partial charge in [0.05, 0.1) is 6.67 Å². The number of piperidine rings is 1. The minimum atomic E-state index is -0.308. The van der Waals surface area contributed by atoms with Gasteiger partial charge in [-0.2, -0.15) is 0 Å². The average molecular weight is 289 g/mol. The summed E-state index contributed by atoms with van der Waals surface area (Å²) in [6, 6.07) is 5.26. The highest BCUT2D eigenvalue weighted by Gasteiger charge is 2.25. The molecule has 3 heterocycles.